The molecule has 0 bridgehead atoms. The third-order valence-electron chi connectivity index (χ3n) is 2.29. The minimum atomic E-state index is -0.274. The van der Waals surface area contributed by atoms with Crippen molar-refractivity contribution in [2.75, 3.05) is 0 Å². The summed E-state index contributed by atoms with van der Waals surface area (Å²) >= 11 is 13.7. The first-order valence-electron chi connectivity index (χ1n) is 4.79. The van der Waals surface area contributed by atoms with Crippen LogP contribution in [0, 0.1) is 5.82 Å². The maximum absolute atomic E-state index is 13.4. The van der Waals surface area contributed by atoms with Crippen LogP contribution < -0.4 is 0 Å². The van der Waals surface area contributed by atoms with Crippen molar-refractivity contribution in [2.45, 2.75) is 11.8 Å². The van der Waals surface area contributed by atoms with E-state index in [-0.39, 0.29) is 11.2 Å². The Bertz CT molecular complexity index is 481. The Morgan fingerprint density at radius 2 is 2.00 bits per heavy atom. The third kappa shape index (κ3) is 2.57. The SMILES string of the molecule is Fc1ccccc1CC(Cl)c1sccc1Cl. The van der Waals surface area contributed by atoms with Crippen molar-refractivity contribution in [3.63, 3.8) is 0 Å². The fourth-order valence-electron chi connectivity index (χ4n) is 1.48. The van der Waals surface area contributed by atoms with Crippen molar-refractivity contribution in [3.8, 4) is 0 Å². The van der Waals surface area contributed by atoms with Crippen LogP contribution in [0.4, 0.5) is 4.39 Å². The maximum atomic E-state index is 13.4. The first-order valence-corrected chi connectivity index (χ1v) is 6.48. The second-order valence-electron chi connectivity index (χ2n) is 3.40. The summed E-state index contributed by atoms with van der Waals surface area (Å²) in [7, 11) is 0. The summed E-state index contributed by atoms with van der Waals surface area (Å²) in [6.45, 7) is 0. The van der Waals surface area contributed by atoms with Crippen LogP contribution in [0.3, 0.4) is 0 Å². The fraction of sp³-hybridized carbons (Fsp3) is 0.167. The number of hydrogen-bond donors (Lipinski definition) is 0. The van der Waals surface area contributed by atoms with Gasteiger partial charge >= 0.3 is 0 Å². The van der Waals surface area contributed by atoms with Crippen molar-refractivity contribution in [1.82, 2.24) is 0 Å². The topological polar surface area (TPSA) is 0 Å². The van der Waals surface area contributed by atoms with Crippen LogP contribution in [0.2, 0.25) is 5.02 Å². The van der Waals surface area contributed by atoms with E-state index in [4.69, 9.17) is 23.2 Å². The van der Waals surface area contributed by atoms with E-state index in [0.717, 1.165) is 4.88 Å². The highest BCUT2D eigenvalue weighted by Gasteiger charge is 2.15. The Balaban J connectivity index is 2.17. The number of benzene rings is 1. The molecule has 2 rings (SSSR count). The number of hydrogen-bond acceptors (Lipinski definition) is 1. The zero-order valence-electron chi connectivity index (χ0n) is 8.29. The normalized spacial score (nSPS) is 12.7. The van der Waals surface area contributed by atoms with Crippen LogP contribution in [-0.4, -0.2) is 0 Å². The molecule has 1 aromatic heterocycles. The van der Waals surface area contributed by atoms with E-state index < -0.39 is 0 Å². The molecule has 0 saturated carbocycles. The van der Waals surface area contributed by atoms with E-state index >= 15 is 0 Å². The van der Waals surface area contributed by atoms with E-state index in [1.807, 2.05) is 5.38 Å². The first-order chi connectivity index (χ1) is 7.68. The Labute approximate surface area is 108 Å². The van der Waals surface area contributed by atoms with Gasteiger partial charge in [-0.2, -0.15) is 0 Å². The van der Waals surface area contributed by atoms with E-state index in [1.54, 1.807) is 24.3 Å². The molecule has 1 heterocycles. The predicted molar refractivity (Wildman–Crippen MR) is 68.0 cm³/mol. The summed E-state index contributed by atoms with van der Waals surface area (Å²) in [6.07, 6.45) is 0.453. The Morgan fingerprint density at radius 3 is 2.62 bits per heavy atom. The zero-order valence-corrected chi connectivity index (χ0v) is 10.6. The quantitative estimate of drug-likeness (QED) is 0.686. The van der Waals surface area contributed by atoms with Crippen LogP contribution in [-0.2, 0) is 6.42 Å². The molecule has 0 nitrogen and oxygen atoms in total. The summed E-state index contributed by atoms with van der Waals surface area (Å²) in [5, 5.41) is 2.26. The van der Waals surface area contributed by atoms with Crippen LogP contribution >= 0.6 is 34.5 Å². The van der Waals surface area contributed by atoms with Crippen LogP contribution in [0.5, 0.6) is 0 Å². The molecule has 0 aliphatic carbocycles. The van der Waals surface area contributed by atoms with Crippen LogP contribution in [0.25, 0.3) is 0 Å². The molecule has 4 heteroatoms. The lowest BCUT2D eigenvalue weighted by molar-refractivity contribution is 0.608. The lowest BCUT2D eigenvalue weighted by atomic mass is 10.1. The molecule has 0 saturated heterocycles. The van der Waals surface area contributed by atoms with Crippen molar-refractivity contribution in [1.29, 1.82) is 0 Å². The molecule has 1 atom stereocenters. The first kappa shape index (κ1) is 11.9. The van der Waals surface area contributed by atoms with Gasteiger partial charge in [0.2, 0.25) is 0 Å². The van der Waals surface area contributed by atoms with Gasteiger partial charge in [0.1, 0.15) is 5.82 Å². The molecule has 2 aromatic rings. The molecular weight excluding hydrogens is 266 g/mol. The number of alkyl halides is 1. The lowest BCUT2D eigenvalue weighted by Gasteiger charge is -2.08. The van der Waals surface area contributed by atoms with Crippen molar-refractivity contribution in [3.05, 3.63) is 57.0 Å². The molecule has 84 valence electrons. The lowest BCUT2D eigenvalue weighted by Crippen LogP contribution is -1.96. The molecule has 1 aromatic carbocycles. The van der Waals surface area contributed by atoms with Crippen LogP contribution in [0.1, 0.15) is 15.8 Å². The molecule has 0 radical (unpaired) electrons. The summed E-state index contributed by atoms with van der Waals surface area (Å²) in [5.41, 5.74) is 0.618. The Kier molecular flexibility index (Phi) is 3.85. The average Bonchev–Trinajstić information content (AvgIpc) is 2.68. The van der Waals surface area contributed by atoms with Gasteiger partial charge in [0.25, 0.3) is 0 Å². The van der Waals surface area contributed by atoms with Gasteiger partial charge in [-0.25, -0.2) is 4.39 Å². The van der Waals surface area contributed by atoms with E-state index in [2.05, 4.69) is 0 Å². The molecule has 0 aliphatic rings. The summed E-state index contributed by atoms with van der Waals surface area (Å²) in [5.74, 6) is -0.221. The molecule has 0 aliphatic heterocycles. The second kappa shape index (κ2) is 5.17. The minimum Gasteiger partial charge on any atom is -0.207 e. The van der Waals surface area contributed by atoms with Gasteiger partial charge in [-0.15, -0.1) is 22.9 Å². The summed E-state index contributed by atoms with van der Waals surface area (Å²) < 4.78 is 13.4. The Hall–Kier alpha value is -0.570. The number of halogens is 3. The minimum absolute atomic E-state index is 0.221. The molecular formula is C12H9Cl2FS. The maximum Gasteiger partial charge on any atom is 0.126 e. The van der Waals surface area contributed by atoms with Crippen molar-refractivity contribution < 1.29 is 4.39 Å². The molecule has 0 N–H and O–H groups in total. The highest BCUT2D eigenvalue weighted by molar-refractivity contribution is 7.11. The average molecular weight is 275 g/mol. The third-order valence-corrected chi connectivity index (χ3v) is 4.26. The number of thiophene rings is 1. The fourth-order valence-corrected chi connectivity index (χ4v) is 3.14. The van der Waals surface area contributed by atoms with Gasteiger partial charge < -0.3 is 0 Å². The van der Waals surface area contributed by atoms with E-state index in [9.17, 15) is 4.39 Å². The standard InChI is InChI=1S/C12H9Cl2FS/c13-9-5-6-16-12(9)10(14)7-8-3-1-2-4-11(8)15/h1-6,10H,7H2. The van der Waals surface area contributed by atoms with E-state index in [1.165, 1.54) is 17.4 Å². The van der Waals surface area contributed by atoms with Gasteiger partial charge in [0.15, 0.2) is 0 Å². The van der Waals surface area contributed by atoms with Gasteiger partial charge in [-0.1, -0.05) is 29.8 Å². The highest BCUT2D eigenvalue weighted by Crippen LogP contribution is 2.35. The highest BCUT2D eigenvalue weighted by atomic mass is 35.5. The van der Waals surface area contributed by atoms with Gasteiger partial charge in [0, 0.05) is 4.88 Å². The van der Waals surface area contributed by atoms with Crippen molar-refractivity contribution >= 4 is 34.5 Å². The zero-order chi connectivity index (χ0) is 11.5. The Morgan fingerprint density at radius 1 is 1.25 bits per heavy atom. The molecule has 0 amide bonds. The van der Waals surface area contributed by atoms with Gasteiger partial charge in [0.05, 0.1) is 10.4 Å². The molecule has 0 fully saturated rings. The summed E-state index contributed by atoms with van der Waals surface area (Å²) in [4.78, 5) is 0.895. The molecule has 1 unspecified atom stereocenters. The number of rotatable bonds is 3. The van der Waals surface area contributed by atoms with E-state index in [0.29, 0.717) is 17.0 Å². The van der Waals surface area contributed by atoms with Crippen LogP contribution in [0.15, 0.2) is 35.7 Å². The smallest absolute Gasteiger partial charge is 0.126 e. The van der Waals surface area contributed by atoms with Gasteiger partial charge in [-0.05, 0) is 29.5 Å². The predicted octanol–water partition coefficient (Wildman–Crippen LogP) is 5.06. The molecule has 0 spiro atoms. The monoisotopic (exact) mass is 274 g/mol. The summed E-state index contributed by atoms with van der Waals surface area (Å²) in [6, 6.07) is 8.46. The largest absolute Gasteiger partial charge is 0.207 e. The van der Waals surface area contributed by atoms with Gasteiger partial charge in [-0.3, -0.25) is 0 Å². The molecule has 16 heavy (non-hydrogen) atoms. The van der Waals surface area contributed by atoms with Crippen molar-refractivity contribution in [2.24, 2.45) is 0 Å². The second-order valence-corrected chi connectivity index (χ2v) is 5.28.